The third kappa shape index (κ3) is 4.41. The highest BCUT2D eigenvalue weighted by Gasteiger charge is 2.31. The van der Waals surface area contributed by atoms with Gasteiger partial charge in [-0.15, -0.1) is 0 Å². The molecule has 3 atom stereocenters. The molecule has 1 aliphatic heterocycles. The van der Waals surface area contributed by atoms with E-state index in [1.807, 2.05) is 24.3 Å². The average Bonchev–Trinajstić information content (AvgIpc) is 2.85. The Labute approximate surface area is 126 Å². The molecule has 0 saturated carbocycles. The van der Waals surface area contributed by atoms with Gasteiger partial charge in [0.05, 0.1) is 6.61 Å². The monoisotopic (exact) mass is 294 g/mol. The van der Waals surface area contributed by atoms with Gasteiger partial charge in [-0.25, -0.2) is 0 Å². The molecule has 1 aromatic carbocycles. The van der Waals surface area contributed by atoms with E-state index >= 15 is 0 Å². The molecule has 1 aromatic rings. The van der Waals surface area contributed by atoms with Gasteiger partial charge in [-0.1, -0.05) is 19.1 Å². The molecule has 4 N–H and O–H groups in total. The molecule has 1 aliphatic rings. The smallest absolute Gasteiger partial charge is 0.119 e. The lowest BCUT2D eigenvalue weighted by molar-refractivity contribution is 0.0481. The van der Waals surface area contributed by atoms with Gasteiger partial charge in [0.25, 0.3) is 0 Å². The second-order valence-electron chi connectivity index (χ2n) is 5.82. The number of nitrogens with zero attached hydrogens (tertiary/aromatic N) is 1. The number of aliphatic hydroxyl groups excluding tert-OH is 2. The fourth-order valence-corrected chi connectivity index (χ4v) is 2.85. The van der Waals surface area contributed by atoms with Crippen molar-refractivity contribution in [2.75, 3.05) is 26.3 Å². The number of benzene rings is 1. The van der Waals surface area contributed by atoms with E-state index in [-0.39, 0.29) is 19.3 Å². The van der Waals surface area contributed by atoms with E-state index in [4.69, 9.17) is 10.5 Å². The van der Waals surface area contributed by atoms with Crippen LogP contribution >= 0.6 is 0 Å². The zero-order valence-electron chi connectivity index (χ0n) is 12.6. The molecule has 1 heterocycles. The van der Waals surface area contributed by atoms with Crippen molar-refractivity contribution in [3.63, 3.8) is 0 Å². The predicted molar refractivity (Wildman–Crippen MR) is 82.1 cm³/mol. The van der Waals surface area contributed by atoms with Crippen molar-refractivity contribution in [1.82, 2.24) is 4.90 Å². The summed E-state index contributed by atoms with van der Waals surface area (Å²) in [6.07, 6.45) is 0.512. The first-order chi connectivity index (χ1) is 10.1. The van der Waals surface area contributed by atoms with Crippen LogP contribution in [0.3, 0.4) is 0 Å². The first-order valence-electron chi connectivity index (χ1n) is 7.58. The molecule has 0 spiro atoms. The Bertz CT molecular complexity index is 424. The van der Waals surface area contributed by atoms with Crippen LogP contribution in [-0.2, 0) is 6.54 Å². The van der Waals surface area contributed by atoms with Crippen molar-refractivity contribution < 1.29 is 14.9 Å². The van der Waals surface area contributed by atoms with Crippen molar-refractivity contribution in [1.29, 1.82) is 0 Å². The normalized spacial score (nSPS) is 24.2. The van der Waals surface area contributed by atoms with Gasteiger partial charge in [-0.05, 0) is 36.6 Å². The Balaban J connectivity index is 1.77. The summed E-state index contributed by atoms with van der Waals surface area (Å²) in [5, 5.41) is 19.5. The molecule has 21 heavy (non-hydrogen) atoms. The van der Waals surface area contributed by atoms with Gasteiger partial charge in [-0.2, -0.15) is 0 Å². The highest BCUT2D eigenvalue weighted by atomic mass is 16.5. The van der Waals surface area contributed by atoms with Crippen molar-refractivity contribution >= 4 is 0 Å². The third-order valence-electron chi connectivity index (χ3n) is 4.23. The van der Waals surface area contributed by atoms with E-state index in [0.29, 0.717) is 19.0 Å². The van der Waals surface area contributed by atoms with Crippen molar-refractivity contribution in [2.24, 2.45) is 11.7 Å². The second kappa shape index (κ2) is 7.75. The molecule has 0 bridgehead atoms. The fraction of sp³-hybridized carbons (Fsp3) is 0.625. The summed E-state index contributed by atoms with van der Waals surface area (Å²) >= 11 is 0. The maximum atomic E-state index is 10.1. The van der Waals surface area contributed by atoms with Gasteiger partial charge in [0.2, 0.25) is 0 Å². The van der Waals surface area contributed by atoms with Gasteiger partial charge in [-0.3, -0.25) is 4.90 Å². The van der Waals surface area contributed by atoms with Gasteiger partial charge in [0.1, 0.15) is 18.5 Å². The summed E-state index contributed by atoms with van der Waals surface area (Å²) in [4.78, 5) is 2.15. The van der Waals surface area contributed by atoms with Crippen LogP contribution in [0.2, 0.25) is 0 Å². The summed E-state index contributed by atoms with van der Waals surface area (Å²) in [5.74, 6) is 1.21. The van der Waals surface area contributed by atoms with Crippen molar-refractivity contribution in [3.8, 4) is 5.75 Å². The highest BCUT2D eigenvalue weighted by Crippen LogP contribution is 2.23. The molecule has 5 nitrogen and oxygen atoms in total. The largest absolute Gasteiger partial charge is 0.491 e. The molecule has 1 fully saturated rings. The van der Waals surface area contributed by atoms with E-state index in [1.165, 1.54) is 0 Å². The maximum Gasteiger partial charge on any atom is 0.119 e. The number of aliphatic hydroxyl groups is 2. The Kier molecular flexibility index (Phi) is 5.99. The first-order valence-corrected chi connectivity index (χ1v) is 7.58. The van der Waals surface area contributed by atoms with Gasteiger partial charge in [0, 0.05) is 19.1 Å². The van der Waals surface area contributed by atoms with Crippen molar-refractivity contribution in [2.45, 2.75) is 32.0 Å². The van der Waals surface area contributed by atoms with E-state index in [9.17, 15) is 10.2 Å². The Morgan fingerprint density at radius 1 is 1.38 bits per heavy atom. The second-order valence-corrected chi connectivity index (χ2v) is 5.82. The molecule has 5 heteroatoms. The number of rotatable bonds is 7. The molecule has 0 aliphatic carbocycles. The molecule has 3 unspecified atom stereocenters. The number of ether oxygens (including phenoxy) is 1. The van der Waals surface area contributed by atoms with E-state index < -0.39 is 6.10 Å². The minimum Gasteiger partial charge on any atom is -0.491 e. The maximum absolute atomic E-state index is 10.1. The minimum atomic E-state index is -0.557. The summed E-state index contributed by atoms with van der Waals surface area (Å²) in [5.41, 5.74) is 6.60. The van der Waals surface area contributed by atoms with Crippen LogP contribution in [0.15, 0.2) is 24.3 Å². The summed E-state index contributed by atoms with van der Waals surface area (Å²) in [6.45, 7) is 4.52. The zero-order chi connectivity index (χ0) is 15.2. The third-order valence-corrected chi connectivity index (χ3v) is 4.23. The summed E-state index contributed by atoms with van der Waals surface area (Å²) in [6, 6.07) is 7.73. The number of β-amino-alcohol motifs (C(OH)–C–C–N with tert-alkyl or cyclic N) is 1. The fourth-order valence-electron chi connectivity index (χ4n) is 2.85. The molecule has 118 valence electrons. The number of hydrogen-bond donors (Lipinski definition) is 3. The van der Waals surface area contributed by atoms with Gasteiger partial charge >= 0.3 is 0 Å². The van der Waals surface area contributed by atoms with Crippen LogP contribution in [-0.4, -0.2) is 53.6 Å². The Morgan fingerprint density at radius 2 is 2.10 bits per heavy atom. The lowest BCUT2D eigenvalue weighted by atomic mass is 10.0. The topological polar surface area (TPSA) is 79.0 Å². The van der Waals surface area contributed by atoms with Crippen LogP contribution in [0, 0.1) is 5.92 Å². The zero-order valence-corrected chi connectivity index (χ0v) is 12.6. The summed E-state index contributed by atoms with van der Waals surface area (Å²) in [7, 11) is 0. The van der Waals surface area contributed by atoms with Crippen LogP contribution in [0.5, 0.6) is 5.75 Å². The van der Waals surface area contributed by atoms with Crippen LogP contribution in [0.4, 0.5) is 0 Å². The molecule has 0 amide bonds. The summed E-state index contributed by atoms with van der Waals surface area (Å²) < 4.78 is 5.59. The predicted octanol–water partition coefficient (Wildman–Crippen LogP) is 0.588. The molecular weight excluding hydrogens is 268 g/mol. The molecule has 1 saturated heterocycles. The molecule has 2 rings (SSSR count). The van der Waals surface area contributed by atoms with E-state index in [2.05, 4.69) is 11.8 Å². The standard InChI is InChI=1S/C16H26N2O3/c1-12-6-7-18(16(12)10-19)9-14(20)11-21-15-4-2-13(8-17)3-5-15/h2-5,12,14,16,19-20H,6-11,17H2,1H3. The van der Waals surface area contributed by atoms with Crippen LogP contribution < -0.4 is 10.5 Å². The number of likely N-dealkylation sites (tertiary alicyclic amines) is 1. The Morgan fingerprint density at radius 3 is 2.71 bits per heavy atom. The number of nitrogens with two attached hydrogens (primary N) is 1. The molecule has 0 radical (unpaired) electrons. The van der Waals surface area contributed by atoms with Crippen molar-refractivity contribution in [3.05, 3.63) is 29.8 Å². The Hall–Kier alpha value is -1.14. The SMILES string of the molecule is CC1CCN(CC(O)COc2ccc(CN)cc2)C1CO. The first kappa shape index (κ1) is 16.2. The van der Waals surface area contributed by atoms with Crippen LogP contribution in [0.25, 0.3) is 0 Å². The average molecular weight is 294 g/mol. The lowest BCUT2D eigenvalue weighted by Gasteiger charge is -2.27. The molecule has 0 aromatic heterocycles. The van der Waals surface area contributed by atoms with Crippen LogP contribution in [0.1, 0.15) is 18.9 Å². The lowest BCUT2D eigenvalue weighted by Crippen LogP contribution is -2.41. The number of hydrogen-bond acceptors (Lipinski definition) is 5. The van der Waals surface area contributed by atoms with E-state index in [0.717, 1.165) is 24.3 Å². The molecular formula is C16H26N2O3. The van der Waals surface area contributed by atoms with E-state index in [1.54, 1.807) is 0 Å². The van der Waals surface area contributed by atoms with Gasteiger partial charge in [0.15, 0.2) is 0 Å². The van der Waals surface area contributed by atoms with Gasteiger partial charge < -0.3 is 20.7 Å². The highest BCUT2D eigenvalue weighted by molar-refractivity contribution is 5.27. The minimum absolute atomic E-state index is 0.148. The quantitative estimate of drug-likeness (QED) is 0.686.